The third-order valence-corrected chi connectivity index (χ3v) is 12.6. The van der Waals surface area contributed by atoms with Crippen LogP contribution >= 0.6 is 0 Å². The van der Waals surface area contributed by atoms with Crippen molar-refractivity contribution in [2.75, 3.05) is 0 Å². The monoisotopic (exact) mass is 864 g/mol. The molecule has 5 heterocycles. The van der Waals surface area contributed by atoms with Crippen molar-refractivity contribution in [1.29, 1.82) is 0 Å². The van der Waals surface area contributed by atoms with Gasteiger partial charge in [-0.05, 0) is 112 Å². The average Bonchev–Trinajstić information content (AvgIpc) is 4.07. The van der Waals surface area contributed by atoms with E-state index in [9.17, 15) is 4.79 Å². The fraction of sp³-hybridized carbons (Fsp3) is 0.211. The summed E-state index contributed by atoms with van der Waals surface area (Å²) in [5, 5.41) is 5.69. The maximum atomic E-state index is 13.2. The van der Waals surface area contributed by atoms with Crippen LogP contribution in [0.15, 0.2) is 143 Å². The molecule has 2 aromatic heterocycles. The number of aldehydes is 1. The summed E-state index contributed by atoms with van der Waals surface area (Å²) < 4.78 is 0. The molecule has 8 bridgehead atoms. The molecule has 0 radical (unpaired) electrons. The first kappa shape index (κ1) is 42.0. The summed E-state index contributed by atoms with van der Waals surface area (Å²) in [7, 11) is 0. The summed E-state index contributed by atoms with van der Waals surface area (Å²) in [5.74, 6) is 0. The fourth-order valence-electron chi connectivity index (χ4n) is 9.06. The van der Waals surface area contributed by atoms with Crippen LogP contribution in [0.1, 0.15) is 117 Å². The second kappa shape index (κ2) is 15.2. The van der Waals surface area contributed by atoms with E-state index in [4.69, 9.17) is 20.0 Å². The molecule has 0 atom stereocenters. The van der Waals surface area contributed by atoms with Gasteiger partial charge in [0.25, 0.3) is 0 Å². The van der Waals surface area contributed by atoms with Crippen LogP contribution in [0.5, 0.6) is 0 Å². The van der Waals surface area contributed by atoms with Crippen LogP contribution in [0.3, 0.4) is 0 Å². The second-order valence-electron chi connectivity index (χ2n) is 19.9. The van der Waals surface area contributed by atoms with Gasteiger partial charge in [-0.15, -0.1) is 22.1 Å². The maximum Gasteiger partial charge on any atom is 2.00 e. The number of rotatable bonds is 4. The third kappa shape index (κ3) is 7.25. The molecular weight excluding hydrogens is 815 g/mol. The van der Waals surface area contributed by atoms with Gasteiger partial charge in [-0.25, -0.2) is 9.98 Å². The van der Waals surface area contributed by atoms with Gasteiger partial charge >= 0.3 is 16.5 Å². The number of aliphatic imine (C=N–C) groups is 1. The standard InChI is InChI=1S/C57H51N4O.Ni/c1-55(2,3)37-19-15-34(16-20-37)50-43-25-27-45(58-43)51(35-17-21-38(22-18-35)56(4,5)6)53-36(32-62)29-47(60-53)48-31-42-49(33-13-11-10-12-14-33)41-30-39(57(7,8)9)23-24-40(41)52(54(42)61-48)46-28-26-44(50)59-46;/h10-32H,1-9H3,(H-,58,59,60,61,62);/q-1;+2/p-1. The predicted octanol–water partition coefficient (Wildman–Crippen LogP) is 11.5. The smallest absolute Gasteiger partial charge is 0.657 e. The van der Waals surface area contributed by atoms with E-state index in [0.29, 0.717) is 22.6 Å². The number of benzene rings is 5. The van der Waals surface area contributed by atoms with E-state index in [1.54, 1.807) is 0 Å². The number of hydrogen-bond donors (Lipinski definition) is 0. The summed E-state index contributed by atoms with van der Waals surface area (Å²) in [6, 6.07) is 41.0. The number of carbonyl (C=O) groups excluding carboxylic acids is 1. The Morgan fingerprint density at radius 2 is 1.16 bits per heavy atom. The molecular formula is C57H50N4NiO. The average molecular weight is 866 g/mol. The van der Waals surface area contributed by atoms with Gasteiger partial charge in [0.15, 0.2) is 0 Å². The van der Waals surface area contributed by atoms with Gasteiger partial charge in [0, 0.05) is 11.3 Å². The first-order chi connectivity index (χ1) is 29.6. The fourth-order valence-corrected chi connectivity index (χ4v) is 9.06. The Bertz CT molecular complexity index is 3370. The largest absolute Gasteiger partial charge is 2.00 e. The maximum absolute atomic E-state index is 13.2. The predicted molar refractivity (Wildman–Crippen MR) is 255 cm³/mol. The van der Waals surface area contributed by atoms with Gasteiger partial charge in [0.2, 0.25) is 0 Å². The molecule has 0 saturated heterocycles. The second-order valence-corrected chi connectivity index (χ2v) is 19.9. The topological polar surface area (TPSA) is 70.0 Å². The van der Waals surface area contributed by atoms with Crippen LogP contribution in [-0.4, -0.2) is 12.0 Å². The molecule has 10 rings (SSSR count). The van der Waals surface area contributed by atoms with Gasteiger partial charge in [-0.3, -0.25) is 4.79 Å². The zero-order valence-corrected chi connectivity index (χ0v) is 38.3. The molecule has 314 valence electrons. The van der Waals surface area contributed by atoms with Crippen molar-refractivity contribution in [3.05, 3.63) is 205 Å². The number of aromatic nitrogens is 2. The zero-order valence-electron chi connectivity index (χ0n) is 37.3. The van der Waals surface area contributed by atoms with E-state index in [1.807, 2.05) is 6.07 Å². The number of nitrogens with zero attached hydrogens (tertiary/aromatic N) is 4. The molecule has 0 amide bonds. The molecule has 0 fully saturated rings. The Morgan fingerprint density at radius 3 is 1.78 bits per heavy atom. The van der Waals surface area contributed by atoms with E-state index in [1.165, 1.54) is 16.7 Å². The van der Waals surface area contributed by atoms with Crippen molar-refractivity contribution in [1.82, 2.24) is 9.97 Å². The Hall–Kier alpha value is -6.36. The molecule has 5 aromatic carbocycles. The summed E-state index contributed by atoms with van der Waals surface area (Å²) in [6.45, 7) is 20.1. The van der Waals surface area contributed by atoms with Crippen molar-refractivity contribution >= 4 is 45.7 Å². The molecule has 63 heavy (non-hydrogen) atoms. The Balaban J connectivity index is 0.00000504. The van der Waals surface area contributed by atoms with Gasteiger partial charge in [-0.1, -0.05) is 172 Å². The third-order valence-electron chi connectivity index (χ3n) is 12.6. The molecule has 0 aliphatic carbocycles. The van der Waals surface area contributed by atoms with Crippen LogP contribution < -0.4 is 20.7 Å². The molecule has 0 saturated carbocycles. The normalized spacial score (nSPS) is 14.5. The van der Waals surface area contributed by atoms with E-state index in [-0.39, 0.29) is 32.7 Å². The summed E-state index contributed by atoms with van der Waals surface area (Å²) >= 11 is 0. The number of hydrogen-bond acceptors (Lipinski definition) is 3. The summed E-state index contributed by atoms with van der Waals surface area (Å²) in [4.78, 5) is 34.9. The van der Waals surface area contributed by atoms with E-state index < -0.39 is 0 Å². The molecule has 3 aliphatic heterocycles. The van der Waals surface area contributed by atoms with E-state index in [0.717, 1.165) is 88.7 Å². The number of allylic oxidation sites excluding steroid dienone is 2. The minimum Gasteiger partial charge on any atom is -0.657 e. The van der Waals surface area contributed by atoms with Gasteiger partial charge in [0.1, 0.15) is 6.29 Å². The van der Waals surface area contributed by atoms with E-state index in [2.05, 4.69) is 190 Å². The molecule has 0 N–H and O–H groups in total. The van der Waals surface area contributed by atoms with Crippen LogP contribution in [0.25, 0.3) is 44.8 Å². The van der Waals surface area contributed by atoms with Gasteiger partial charge in [-0.2, -0.15) is 0 Å². The van der Waals surface area contributed by atoms with Crippen LogP contribution in [0.4, 0.5) is 0 Å². The summed E-state index contributed by atoms with van der Waals surface area (Å²) in [6.07, 6.45) is 7.21. The van der Waals surface area contributed by atoms with Crippen molar-refractivity contribution < 1.29 is 21.3 Å². The quantitative estimate of drug-likeness (QED) is 0.131. The van der Waals surface area contributed by atoms with Crippen molar-refractivity contribution in [3.63, 3.8) is 0 Å². The summed E-state index contributed by atoms with van der Waals surface area (Å²) in [5.41, 5.74) is 14.4. The molecule has 5 nitrogen and oxygen atoms in total. The first-order valence-corrected chi connectivity index (χ1v) is 21.6. The Morgan fingerprint density at radius 1 is 0.556 bits per heavy atom. The minimum atomic E-state index is -0.0773. The van der Waals surface area contributed by atoms with Crippen LogP contribution in [0, 0.1) is 10.6 Å². The van der Waals surface area contributed by atoms with Crippen LogP contribution in [-0.2, 0) is 32.7 Å². The first-order valence-electron chi connectivity index (χ1n) is 21.6. The molecule has 7 aromatic rings. The SMILES string of the molecule is CC(C)(C)c1ccc(C2=C3C=CC(=N3)C(c3ccc(C(C)(C)C)cc3)=c3ccc([n-]3)=c3c4c(c(-c5ccccc5)c5cc(C(C)(C)C)ccc35)C=C(N=4)c3cc(C=O)c2[n-]3)cc1.[Ni+2]. The molecule has 3 aliphatic rings. The van der Waals surface area contributed by atoms with E-state index >= 15 is 0 Å². The molecule has 0 unspecified atom stereocenters. The van der Waals surface area contributed by atoms with Crippen LogP contribution in [0.2, 0.25) is 0 Å². The zero-order chi connectivity index (χ0) is 43.3. The van der Waals surface area contributed by atoms with Crippen molar-refractivity contribution in [3.8, 4) is 11.1 Å². The number of fused-ring (bicyclic) bond motifs is 9. The Labute approximate surface area is 379 Å². The number of carbonyl (C=O) groups is 1. The molecule has 0 spiro atoms. The van der Waals surface area contributed by atoms with Crippen molar-refractivity contribution in [2.45, 2.75) is 78.6 Å². The Kier molecular flexibility index (Phi) is 10.1. The minimum absolute atomic E-state index is 0. The van der Waals surface area contributed by atoms with Crippen molar-refractivity contribution in [2.24, 2.45) is 9.98 Å². The van der Waals surface area contributed by atoms with Gasteiger partial charge < -0.3 is 9.97 Å². The van der Waals surface area contributed by atoms with Gasteiger partial charge in [0.05, 0.1) is 16.8 Å². The molecule has 6 heteroatoms.